The van der Waals surface area contributed by atoms with E-state index in [9.17, 15) is 0 Å². The topological polar surface area (TPSA) is 75.4 Å². The molecular weight excluding hydrogens is 302 g/mol. The van der Waals surface area contributed by atoms with Crippen molar-refractivity contribution < 1.29 is 4.74 Å². The van der Waals surface area contributed by atoms with Gasteiger partial charge in [-0.3, -0.25) is 5.32 Å². The summed E-state index contributed by atoms with van der Waals surface area (Å²) in [5.41, 5.74) is 7.03. The first-order chi connectivity index (χ1) is 11.6. The van der Waals surface area contributed by atoms with Crippen LogP contribution in [0.5, 0.6) is 5.88 Å². The molecule has 24 heavy (non-hydrogen) atoms. The number of aromatic nitrogens is 1. The highest BCUT2D eigenvalue weighted by Gasteiger charge is 2.09. The van der Waals surface area contributed by atoms with E-state index in [1.54, 1.807) is 6.20 Å². The second kappa shape index (κ2) is 11.6. The van der Waals surface area contributed by atoms with Crippen LogP contribution in [0.1, 0.15) is 40.0 Å². The van der Waals surface area contributed by atoms with Gasteiger partial charge in [0.1, 0.15) is 5.82 Å². The second-order valence-electron chi connectivity index (χ2n) is 5.82. The molecule has 136 valence electrons. The van der Waals surface area contributed by atoms with Gasteiger partial charge in [-0.15, -0.1) is 0 Å². The van der Waals surface area contributed by atoms with Crippen molar-refractivity contribution in [2.75, 3.05) is 36.9 Å². The number of hydrogen-bond donors (Lipinski definition) is 3. The van der Waals surface area contributed by atoms with Crippen LogP contribution in [-0.2, 0) is 0 Å². The molecule has 6 heteroatoms. The first-order valence-corrected chi connectivity index (χ1v) is 8.86. The Morgan fingerprint density at radius 2 is 2.04 bits per heavy atom. The number of nitrogen functional groups attached to an aromatic ring is 1. The molecule has 1 unspecified atom stereocenters. The normalized spacial score (nSPS) is 11.8. The molecule has 0 fully saturated rings. The quantitative estimate of drug-likeness (QED) is 0.380. The number of nitrogens with zero attached hydrogens (tertiary/aromatic N) is 2. The average molecular weight is 335 g/mol. The minimum absolute atomic E-state index is 0.205. The van der Waals surface area contributed by atoms with Crippen LogP contribution in [-0.4, -0.2) is 37.4 Å². The molecule has 0 aromatic carbocycles. The fourth-order valence-electron chi connectivity index (χ4n) is 2.48. The van der Waals surface area contributed by atoms with Crippen LogP contribution in [0, 0.1) is 0 Å². The molecule has 0 aliphatic heterocycles. The first-order valence-electron chi connectivity index (χ1n) is 8.86. The van der Waals surface area contributed by atoms with Crippen LogP contribution in [0.2, 0.25) is 0 Å². The Labute approximate surface area is 146 Å². The molecule has 4 N–H and O–H groups in total. The van der Waals surface area contributed by atoms with E-state index in [0.717, 1.165) is 44.6 Å². The van der Waals surface area contributed by atoms with Crippen molar-refractivity contribution >= 4 is 11.5 Å². The minimum atomic E-state index is 0.205. The molecule has 0 bridgehead atoms. The van der Waals surface area contributed by atoms with Crippen LogP contribution in [0.25, 0.3) is 0 Å². The maximum absolute atomic E-state index is 5.95. The molecule has 0 aliphatic rings. The Kier molecular flexibility index (Phi) is 9.68. The lowest BCUT2D eigenvalue weighted by Crippen LogP contribution is -2.37. The smallest absolute Gasteiger partial charge is 0.217 e. The summed E-state index contributed by atoms with van der Waals surface area (Å²) in [6, 6.07) is 3.90. The maximum atomic E-state index is 5.95. The summed E-state index contributed by atoms with van der Waals surface area (Å²) in [6.45, 7) is 13.5. The fourth-order valence-corrected chi connectivity index (χ4v) is 2.48. The van der Waals surface area contributed by atoms with Gasteiger partial charge >= 0.3 is 0 Å². The Bertz CT molecular complexity index is 474. The van der Waals surface area contributed by atoms with Crippen LogP contribution in [0.4, 0.5) is 11.5 Å². The van der Waals surface area contributed by atoms with Crippen molar-refractivity contribution in [3.8, 4) is 5.88 Å². The number of nitrogens with two attached hydrogens (primary N) is 1. The van der Waals surface area contributed by atoms with Gasteiger partial charge in [-0.25, -0.2) is 0 Å². The van der Waals surface area contributed by atoms with Crippen LogP contribution in [0.3, 0.4) is 0 Å². The molecule has 0 amide bonds. The summed E-state index contributed by atoms with van der Waals surface area (Å²) in [5, 5.41) is 6.41. The van der Waals surface area contributed by atoms with Gasteiger partial charge in [0.25, 0.3) is 0 Å². The molecule has 0 saturated heterocycles. The predicted molar refractivity (Wildman–Crippen MR) is 102 cm³/mol. The number of pyridine rings is 1. The Hall–Kier alpha value is -1.95. The molecule has 0 spiro atoms. The standard InChI is InChI=1S/C18H33N5O/c1-5-10-23(11-6-2)16-13-17(19)22-18(14-16)24-12-8-9-21-15(4)20-7-3/h7,13-15,20-21H,3,5-6,8-12H2,1-2,4H3,(H2,19,22). The van der Waals surface area contributed by atoms with E-state index in [1.165, 1.54) is 0 Å². The monoisotopic (exact) mass is 335 g/mol. The highest BCUT2D eigenvalue weighted by molar-refractivity contribution is 5.55. The first kappa shape index (κ1) is 20.1. The van der Waals surface area contributed by atoms with Gasteiger partial charge in [-0.1, -0.05) is 20.4 Å². The zero-order chi connectivity index (χ0) is 17.8. The van der Waals surface area contributed by atoms with Gasteiger partial charge in [0, 0.05) is 37.5 Å². The maximum Gasteiger partial charge on any atom is 0.217 e. The van der Waals surface area contributed by atoms with Gasteiger partial charge in [-0.05, 0) is 32.4 Å². The molecule has 1 atom stereocenters. The highest BCUT2D eigenvalue weighted by Crippen LogP contribution is 2.23. The van der Waals surface area contributed by atoms with Crippen molar-refractivity contribution in [1.29, 1.82) is 0 Å². The van der Waals surface area contributed by atoms with Gasteiger partial charge in [0.05, 0.1) is 12.8 Å². The number of ether oxygens (including phenoxy) is 1. The van der Waals surface area contributed by atoms with E-state index in [0.29, 0.717) is 18.3 Å². The van der Waals surface area contributed by atoms with E-state index >= 15 is 0 Å². The van der Waals surface area contributed by atoms with Crippen molar-refractivity contribution in [1.82, 2.24) is 15.6 Å². The SMILES string of the molecule is C=CNC(C)NCCCOc1cc(N(CCC)CCC)cc(N)n1. The molecule has 1 aromatic rings. The van der Waals surface area contributed by atoms with Gasteiger partial charge < -0.3 is 20.7 Å². The van der Waals surface area contributed by atoms with Crippen LogP contribution >= 0.6 is 0 Å². The summed E-state index contributed by atoms with van der Waals surface area (Å²) in [5.74, 6) is 1.10. The highest BCUT2D eigenvalue weighted by atomic mass is 16.5. The molecule has 0 aliphatic carbocycles. The third-order valence-corrected chi connectivity index (χ3v) is 3.55. The van der Waals surface area contributed by atoms with Crippen molar-refractivity contribution in [2.24, 2.45) is 0 Å². The number of rotatable bonds is 13. The largest absolute Gasteiger partial charge is 0.478 e. The van der Waals surface area contributed by atoms with Crippen molar-refractivity contribution in [2.45, 2.75) is 46.2 Å². The van der Waals surface area contributed by atoms with Crippen LogP contribution < -0.4 is 26.0 Å². The van der Waals surface area contributed by atoms with Gasteiger partial charge in [0.2, 0.25) is 5.88 Å². The fraction of sp³-hybridized carbons (Fsp3) is 0.611. The Morgan fingerprint density at radius 3 is 2.67 bits per heavy atom. The van der Waals surface area contributed by atoms with Crippen molar-refractivity contribution in [3.05, 3.63) is 24.9 Å². The lowest BCUT2D eigenvalue weighted by atomic mass is 10.3. The Balaban J connectivity index is 2.51. The van der Waals surface area contributed by atoms with Gasteiger partial charge in [0.15, 0.2) is 0 Å². The average Bonchev–Trinajstić information content (AvgIpc) is 2.54. The predicted octanol–water partition coefficient (Wildman–Crippen LogP) is 2.73. The summed E-state index contributed by atoms with van der Waals surface area (Å²) >= 11 is 0. The summed E-state index contributed by atoms with van der Waals surface area (Å²) in [6.07, 6.45) is 4.98. The van der Waals surface area contributed by atoms with E-state index in [-0.39, 0.29) is 6.17 Å². The van der Waals surface area contributed by atoms with E-state index in [1.807, 2.05) is 19.1 Å². The van der Waals surface area contributed by atoms with E-state index in [4.69, 9.17) is 10.5 Å². The lowest BCUT2D eigenvalue weighted by Gasteiger charge is -2.24. The van der Waals surface area contributed by atoms with E-state index in [2.05, 4.69) is 40.9 Å². The third kappa shape index (κ3) is 7.55. The number of nitrogens with one attached hydrogen (secondary N) is 2. The Morgan fingerprint density at radius 1 is 1.33 bits per heavy atom. The second-order valence-corrected chi connectivity index (χ2v) is 5.82. The number of hydrogen-bond acceptors (Lipinski definition) is 6. The van der Waals surface area contributed by atoms with Crippen LogP contribution in [0.15, 0.2) is 24.9 Å². The van der Waals surface area contributed by atoms with Crippen molar-refractivity contribution in [3.63, 3.8) is 0 Å². The van der Waals surface area contributed by atoms with E-state index < -0.39 is 0 Å². The third-order valence-electron chi connectivity index (χ3n) is 3.55. The summed E-state index contributed by atoms with van der Waals surface area (Å²) in [7, 11) is 0. The molecular formula is C18H33N5O. The molecule has 1 aromatic heterocycles. The summed E-state index contributed by atoms with van der Waals surface area (Å²) < 4.78 is 5.78. The molecule has 1 heterocycles. The molecule has 1 rings (SSSR count). The minimum Gasteiger partial charge on any atom is -0.478 e. The lowest BCUT2D eigenvalue weighted by molar-refractivity contribution is 0.294. The van der Waals surface area contributed by atoms with Gasteiger partial charge in [-0.2, -0.15) is 4.98 Å². The molecule has 6 nitrogen and oxygen atoms in total. The number of anilines is 2. The zero-order valence-corrected chi connectivity index (χ0v) is 15.3. The molecule has 0 radical (unpaired) electrons. The zero-order valence-electron chi connectivity index (χ0n) is 15.3. The summed E-state index contributed by atoms with van der Waals surface area (Å²) in [4.78, 5) is 6.61. The molecule has 0 saturated carbocycles.